The van der Waals surface area contributed by atoms with Crippen molar-refractivity contribution < 1.29 is 9.13 Å². The van der Waals surface area contributed by atoms with E-state index in [2.05, 4.69) is 15.4 Å². The molecule has 192 valence electrons. The van der Waals surface area contributed by atoms with E-state index in [1.54, 1.807) is 6.07 Å². The third-order valence-electron chi connectivity index (χ3n) is 7.53. The molecule has 1 saturated heterocycles. The van der Waals surface area contributed by atoms with Crippen molar-refractivity contribution in [3.05, 3.63) is 48.5 Å². The van der Waals surface area contributed by atoms with Gasteiger partial charge in [0.25, 0.3) is 0 Å². The van der Waals surface area contributed by atoms with E-state index in [0.717, 1.165) is 50.0 Å². The lowest BCUT2D eigenvalue weighted by Crippen LogP contribution is -2.29. The Balaban J connectivity index is 1.28. The molecule has 37 heavy (non-hydrogen) atoms. The molecular weight excluding hydrogens is 469 g/mol. The van der Waals surface area contributed by atoms with E-state index in [-0.39, 0.29) is 11.6 Å². The van der Waals surface area contributed by atoms with Gasteiger partial charge in [0, 0.05) is 17.8 Å². The summed E-state index contributed by atoms with van der Waals surface area (Å²) in [7, 11) is 0. The van der Waals surface area contributed by atoms with Gasteiger partial charge in [-0.2, -0.15) is 5.10 Å². The zero-order chi connectivity index (χ0) is 25.2. The fourth-order valence-corrected chi connectivity index (χ4v) is 5.42. The molecule has 8 nitrogen and oxygen atoms in total. The molecule has 2 fully saturated rings. The molecule has 3 aromatic heterocycles. The number of rotatable bonds is 6. The number of fused-ring (bicyclic) bond motifs is 1. The first-order valence-corrected chi connectivity index (χ1v) is 13.3. The first-order valence-electron chi connectivity index (χ1n) is 13.3. The molecule has 0 unspecified atom stereocenters. The van der Waals surface area contributed by atoms with Crippen LogP contribution in [0.5, 0.6) is 5.75 Å². The van der Waals surface area contributed by atoms with Crippen LogP contribution in [0.2, 0.25) is 0 Å². The highest BCUT2D eigenvalue weighted by molar-refractivity contribution is 5.88. The second-order valence-corrected chi connectivity index (χ2v) is 10.1. The van der Waals surface area contributed by atoms with Gasteiger partial charge in [-0.1, -0.05) is 19.3 Å². The van der Waals surface area contributed by atoms with Gasteiger partial charge in [-0.25, -0.2) is 19.3 Å². The molecule has 3 N–H and O–H groups in total. The van der Waals surface area contributed by atoms with Gasteiger partial charge in [-0.05, 0) is 69.0 Å². The largest absolute Gasteiger partial charge is 0.492 e. The molecule has 0 radical (unpaired) electrons. The number of pyridine rings is 1. The standard InChI is InChI=1S/C28H32FN7O/c29-20-6-7-22(25(14-20)37-17-18-4-2-1-3-5-18)28-34-24-9-8-23(33-26(24)27(30)35-28)19-15-32-36(16-19)21-10-12-31-13-11-21/h6-9,14-16,18,21,31H,1-5,10-13,17H2,(H2,30,34,35). The van der Waals surface area contributed by atoms with Gasteiger partial charge in [0.15, 0.2) is 11.6 Å². The minimum Gasteiger partial charge on any atom is -0.492 e. The van der Waals surface area contributed by atoms with Gasteiger partial charge in [-0.15, -0.1) is 0 Å². The molecule has 2 aliphatic rings. The highest BCUT2D eigenvalue weighted by atomic mass is 19.1. The van der Waals surface area contributed by atoms with Gasteiger partial charge in [0.2, 0.25) is 0 Å². The van der Waals surface area contributed by atoms with Crippen LogP contribution in [-0.4, -0.2) is 44.4 Å². The number of benzene rings is 1. The van der Waals surface area contributed by atoms with Gasteiger partial charge in [-0.3, -0.25) is 4.68 Å². The summed E-state index contributed by atoms with van der Waals surface area (Å²) in [6.45, 7) is 2.58. The minimum absolute atomic E-state index is 0.273. The van der Waals surface area contributed by atoms with Crippen molar-refractivity contribution in [3.63, 3.8) is 0 Å². The number of piperidine rings is 1. The van der Waals surface area contributed by atoms with E-state index in [4.69, 9.17) is 20.4 Å². The van der Waals surface area contributed by atoms with Crippen LogP contribution in [0.15, 0.2) is 42.7 Å². The van der Waals surface area contributed by atoms with Crippen LogP contribution in [0.4, 0.5) is 10.2 Å². The molecule has 0 spiro atoms. The molecule has 1 aromatic carbocycles. The van der Waals surface area contributed by atoms with Crippen LogP contribution >= 0.6 is 0 Å². The maximum Gasteiger partial charge on any atom is 0.166 e. The summed E-state index contributed by atoms with van der Waals surface area (Å²) in [4.78, 5) is 14.0. The number of nitrogens with one attached hydrogen (secondary N) is 1. The third kappa shape index (κ3) is 5.13. The molecule has 0 bridgehead atoms. The Bertz CT molecular complexity index is 1390. The second-order valence-electron chi connectivity index (χ2n) is 10.1. The first kappa shape index (κ1) is 23.8. The zero-order valence-corrected chi connectivity index (χ0v) is 20.9. The zero-order valence-electron chi connectivity index (χ0n) is 20.9. The number of halogens is 1. The van der Waals surface area contributed by atoms with Crippen LogP contribution < -0.4 is 15.8 Å². The second kappa shape index (κ2) is 10.4. The van der Waals surface area contributed by atoms with E-state index >= 15 is 0 Å². The van der Waals surface area contributed by atoms with E-state index in [1.807, 2.05) is 29.2 Å². The van der Waals surface area contributed by atoms with Crippen molar-refractivity contribution in [1.82, 2.24) is 30.0 Å². The molecule has 1 saturated carbocycles. The summed E-state index contributed by atoms with van der Waals surface area (Å²) < 4.78 is 22.3. The lowest BCUT2D eigenvalue weighted by molar-refractivity contribution is 0.209. The Morgan fingerprint density at radius 2 is 1.84 bits per heavy atom. The summed E-state index contributed by atoms with van der Waals surface area (Å²) >= 11 is 0. The fourth-order valence-electron chi connectivity index (χ4n) is 5.42. The summed E-state index contributed by atoms with van der Waals surface area (Å²) in [5.41, 5.74) is 9.86. The molecule has 1 aliphatic heterocycles. The molecule has 9 heteroatoms. The highest BCUT2D eigenvalue weighted by Gasteiger charge is 2.19. The van der Waals surface area contributed by atoms with Crippen molar-refractivity contribution in [2.24, 2.45) is 5.92 Å². The Hall–Kier alpha value is -3.59. The van der Waals surface area contributed by atoms with Crippen molar-refractivity contribution in [3.8, 4) is 28.4 Å². The van der Waals surface area contributed by atoms with Gasteiger partial charge < -0.3 is 15.8 Å². The van der Waals surface area contributed by atoms with Crippen LogP contribution in [0.25, 0.3) is 33.7 Å². The number of hydrogen-bond acceptors (Lipinski definition) is 7. The van der Waals surface area contributed by atoms with Gasteiger partial charge in [0.05, 0.1) is 35.6 Å². The predicted molar refractivity (Wildman–Crippen MR) is 142 cm³/mol. The Labute approximate surface area is 215 Å². The third-order valence-corrected chi connectivity index (χ3v) is 7.53. The van der Waals surface area contributed by atoms with Crippen molar-refractivity contribution in [2.75, 3.05) is 25.4 Å². The lowest BCUT2D eigenvalue weighted by atomic mass is 9.90. The number of nitrogen functional groups attached to an aromatic ring is 1. The van der Waals surface area contributed by atoms with Crippen molar-refractivity contribution in [1.29, 1.82) is 0 Å². The van der Waals surface area contributed by atoms with Crippen LogP contribution in [0, 0.1) is 11.7 Å². The summed E-state index contributed by atoms with van der Waals surface area (Å²) in [5.74, 6) is 1.26. The normalized spacial score (nSPS) is 17.3. The minimum atomic E-state index is -0.354. The summed E-state index contributed by atoms with van der Waals surface area (Å²) in [6, 6.07) is 8.68. The maximum atomic E-state index is 14.1. The molecule has 0 atom stereocenters. The first-order chi connectivity index (χ1) is 18.1. The maximum absolute atomic E-state index is 14.1. The highest BCUT2D eigenvalue weighted by Crippen LogP contribution is 2.33. The number of anilines is 1. The Morgan fingerprint density at radius 1 is 1.00 bits per heavy atom. The lowest BCUT2D eigenvalue weighted by Gasteiger charge is -2.22. The van der Waals surface area contributed by atoms with Gasteiger partial charge >= 0.3 is 0 Å². The fraction of sp³-hybridized carbons (Fsp3) is 0.429. The number of hydrogen-bond donors (Lipinski definition) is 2. The molecule has 0 amide bonds. The van der Waals surface area contributed by atoms with Crippen LogP contribution in [0.3, 0.4) is 0 Å². The molecule has 4 aromatic rings. The molecule has 4 heterocycles. The Morgan fingerprint density at radius 3 is 2.68 bits per heavy atom. The average Bonchev–Trinajstić information content (AvgIpc) is 3.43. The summed E-state index contributed by atoms with van der Waals surface area (Å²) in [5, 5.41) is 7.97. The topological polar surface area (TPSA) is 104 Å². The van der Waals surface area contributed by atoms with Crippen molar-refractivity contribution in [2.45, 2.75) is 51.0 Å². The monoisotopic (exact) mass is 501 g/mol. The quantitative estimate of drug-likeness (QED) is 0.376. The number of nitrogens with zero attached hydrogens (tertiary/aromatic N) is 5. The Kier molecular flexibility index (Phi) is 6.70. The van der Waals surface area contributed by atoms with E-state index in [0.29, 0.717) is 46.7 Å². The predicted octanol–water partition coefficient (Wildman–Crippen LogP) is 5.16. The van der Waals surface area contributed by atoms with E-state index < -0.39 is 0 Å². The van der Waals surface area contributed by atoms with E-state index in [1.165, 1.54) is 31.4 Å². The van der Waals surface area contributed by atoms with Crippen LogP contribution in [0.1, 0.15) is 51.0 Å². The smallest absolute Gasteiger partial charge is 0.166 e. The molecule has 1 aliphatic carbocycles. The van der Waals surface area contributed by atoms with E-state index in [9.17, 15) is 4.39 Å². The van der Waals surface area contributed by atoms with Crippen molar-refractivity contribution >= 4 is 16.9 Å². The molecular formula is C28H32FN7O. The number of ether oxygens (including phenoxy) is 1. The molecule has 6 rings (SSSR count). The summed E-state index contributed by atoms with van der Waals surface area (Å²) in [6.07, 6.45) is 12.0. The SMILES string of the molecule is Nc1nc(-c2ccc(F)cc2OCC2CCCCC2)nc2ccc(-c3cnn(C4CCNCC4)c3)nc12. The number of aromatic nitrogens is 5. The average molecular weight is 502 g/mol. The number of nitrogens with two attached hydrogens (primary N) is 1. The van der Waals surface area contributed by atoms with Gasteiger partial charge in [0.1, 0.15) is 17.1 Å². The van der Waals surface area contributed by atoms with Crippen LogP contribution in [-0.2, 0) is 0 Å².